The highest BCUT2D eigenvalue weighted by Crippen LogP contribution is 2.20. The molecule has 0 bridgehead atoms. The van der Waals surface area contributed by atoms with Gasteiger partial charge in [0.25, 0.3) is 5.56 Å². The number of amides is 1. The van der Waals surface area contributed by atoms with Crippen molar-refractivity contribution >= 4 is 43.9 Å². The van der Waals surface area contributed by atoms with Gasteiger partial charge in [-0.3, -0.25) is 14.2 Å². The zero-order chi connectivity index (χ0) is 15.0. The van der Waals surface area contributed by atoms with Crippen LogP contribution in [0.3, 0.4) is 0 Å². The molecule has 108 valence electrons. The van der Waals surface area contributed by atoms with Crippen molar-refractivity contribution in [2.45, 2.75) is 20.4 Å². The highest BCUT2D eigenvalue weighted by atomic mass is 32.1. The molecule has 1 N–H and O–H groups in total. The van der Waals surface area contributed by atoms with Crippen LogP contribution in [0.15, 0.2) is 22.4 Å². The van der Waals surface area contributed by atoms with E-state index in [1.54, 1.807) is 18.5 Å². The molecule has 1 amide bonds. The van der Waals surface area contributed by atoms with Crippen molar-refractivity contribution in [3.63, 3.8) is 0 Å². The normalized spacial score (nSPS) is 11.0. The molecule has 0 aliphatic rings. The van der Waals surface area contributed by atoms with Gasteiger partial charge in [0.15, 0.2) is 5.13 Å². The Labute approximate surface area is 128 Å². The van der Waals surface area contributed by atoms with Gasteiger partial charge >= 0.3 is 0 Å². The smallest absolute Gasteiger partial charge is 0.262 e. The predicted molar refractivity (Wildman–Crippen MR) is 84.1 cm³/mol. The molecular weight excluding hydrogens is 308 g/mol. The molecule has 3 aromatic heterocycles. The van der Waals surface area contributed by atoms with Gasteiger partial charge in [-0.1, -0.05) is 0 Å². The molecule has 3 aromatic rings. The summed E-state index contributed by atoms with van der Waals surface area (Å²) in [6, 6.07) is 1.81. The highest BCUT2D eigenvalue weighted by molar-refractivity contribution is 7.18. The molecule has 0 unspecified atom stereocenters. The summed E-state index contributed by atoms with van der Waals surface area (Å²) in [5.74, 6) is 0.242. The van der Waals surface area contributed by atoms with Crippen molar-refractivity contribution in [1.29, 1.82) is 0 Å². The number of hydrogen-bond donors (Lipinski definition) is 1. The van der Waals surface area contributed by atoms with Crippen molar-refractivity contribution in [2.75, 3.05) is 5.32 Å². The van der Waals surface area contributed by atoms with Gasteiger partial charge in [0, 0.05) is 16.5 Å². The molecule has 0 aromatic carbocycles. The first-order valence-corrected chi connectivity index (χ1v) is 7.91. The Morgan fingerprint density at radius 3 is 2.95 bits per heavy atom. The van der Waals surface area contributed by atoms with E-state index < -0.39 is 0 Å². The number of anilines is 1. The molecule has 6 nitrogen and oxygen atoms in total. The van der Waals surface area contributed by atoms with Crippen molar-refractivity contribution in [3.8, 4) is 0 Å². The van der Waals surface area contributed by atoms with E-state index in [2.05, 4.69) is 15.3 Å². The van der Waals surface area contributed by atoms with Gasteiger partial charge in [0.2, 0.25) is 5.91 Å². The molecule has 0 fully saturated rings. The lowest BCUT2D eigenvalue weighted by molar-refractivity contribution is -0.116. The number of fused-ring (bicyclic) bond motifs is 1. The molecule has 0 saturated heterocycles. The van der Waals surface area contributed by atoms with E-state index in [1.807, 2.05) is 13.0 Å². The summed E-state index contributed by atoms with van der Waals surface area (Å²) in [5.41, 5.74) is -0.184. The fraction of sp³-hybridized carbons (Fsp3) is 0.231. The Morgan fingerprint density at radius 1 is 1.43 bits per heavy atom. The Kier molecular flexibility index (Phi) is 3.56. The quantitative estimate of drug-likeness (QED) is 0.802. The maximum atomic E-state index is 12.4. The molecule has 3 rings (SSSR count). The highest BCUT2D eigenvalue weighted by Gasteiger charge is 2.13. The van der Waals surface area contributed by atoms with Crippen LogP contribution in [0, 0.1) is 13.8 Å². The fourth-order valence-electron chi connectivity index (χ4n) is 2.01. The van der Waals surface area contributed by atoms with Gasteiger partial charge < -0.3 is 5.32 Å². The predicted octanol–water partition coefficient (Wildman–Crippen LogP) is 2.17. The van der Waals surface area contributed by atoms with Gasteiger partial charge in [-0.05, 0) is 19.9 Å². The summed E-state index contributed by atoms with van der Waals surface area (Å²) in [6.07, 6.45) is 1.61. The molecule has 21 heavy (non-hydrogen) atoms. The first kappa shape index (κ1) is 13.9. The van der Waals surface area contributed by atoms with Gasteiger partial charge in [0.05, 0.1) is 5.39 Å². The number of aromatic nitrogens is 3. The van der Waals surface area contributed by atoms with Gasteiger partial charge in [-0.25, -0.2) is 9.97 Å². The summed E-state index contributed by atoms with van der Waals surface area (Å²) in [5, 5.41) is 5.51. The minimum absolute atomic E-state index is 0.0674. The first-order chi connectivity index (χ1) is 10.0. The minimum atomic E-state index is -0.289. The van der Waals surface area contributed by atoms with Crippen LogP contribution in [0.4, 0.5) is 5.13 Å². The Bertz CT molecular complexity index is 864. The molecule has 0 radical (unpaired) electrons. The molecule has 0 aliphatic carbocycles. The van der Waals surface area contributed by atoms with E-state index >= 15 is 0 Å². The monoisotopic (exact) mass is 320 g/mol. The first-order valence-electron chi connectivity index (χ1n) is 6.21. The summed E-state index contributed by atoms with van der Waals surface area (Å²) >= 11 is 2.81. The second-order valence-corrected chi connectivity index (χ2v) is 6.64. The van der Waals surface area contributed by atoms with Crippen molar-refractivity contribution in [3.05, 3.63) is 38.7 Å². The third kappa shape index (κ3) is 2.72. The van der Waals surface area contributed by atoms with Crippen LogP contribution in [-0.4, -0.2) is 20.4 Å². The summed E-state index contributed by atoms with van der Waals surface area (Å²) in [4.78, 5) is 34.6. The van der Waals surface area contributed by atoms with E-state index in [-0.39, 0.29) is 18.0 Å². The van der Waals surface area contributed by atoms with Crippen molar-refractivity contribution in [2.24, 2.45) is 0 Å². The fourth-order valence-corrected chi connectivity index (χ4v) is 3.47. The van der Waals surface area contributed by atoms with Crippen LogP contribution < -0.4 is 10.9 Å². The summed E-state index contributed by atoms with van der Waals surface area (Å²) in [7, 11) is 0. The third-order valence-electron chi connectivity index (χ3n) is 2.95. The summed E-state index contributed by atoms with van der Waals surface area (Å²) < 4.78 is 1.39. The number of hydrogen-bond acceptors (Lipinski definition) is 6. The number of nitrogens with zero attached hydrogens (tertiary/aromatic N) is 3. The lowest BCUT2D eigenvalue weighted by atomic mass is 10.3. The second-order valence-electron chi connectivity index (χ2n) is 4.51. The van der Waals surface area contributed by atoms with Crippen LogP contribution in [-0.2, 0) is 11.3 Å². The second kappa shape index (κ2) is 5.38. The van der Waals surface area contributed by atoms with Crippen LogP contribution in [0.25, 0.3) is 10.2 Å². The maximum absolute atomic E-state index is 12.4. The molecule has 8 heteroatoms. The molecule has 0 spiro atoms. The zero-order valence-electron chi connectivity index (χ0n) is 11.4. The molecule has 0 saturated carbocycles. The minimum Gasteiger partial charge on any atom is -0.300 e. The maximum Gasteiger partial charge on any atom is 0.262 e. The average molecular weight is 320 g/mol. The van der Waals surface area contributed by atoms with Crippen LogP contribution in [0.1, 0.15) is 10.7 Å². The number of rotatable bonds is 3. The van der Waals surface area contributed by atoms with Gasteiger partial charge in [0.1, 0.15) is 17.2 Å². The number of aryl methyl sites for hydroxylation is 2. The lowest BCUT2D eigenvalue weighted by Crippen LogP contribution is -2.29. The van der Waals surface area contributed by atoms with E-state index in [4.69, 9.17) is 0 Å². The topological polar surface area (TPSA) is 76.9 Å². The van der Waals surface area contributed by atoms with E-state index in [9.17, 15) is 9.59 Å². The number of carbonyl (C=O) groups is 1. The van der Waals surface area contributed by atoms with Crippen LogP contribution >= 0.6 is 22.7 Å². The van der Waals surface area contributed by atoms with E-state index in [1.165, 1.54) is 27.2 Å². The van der Waals surface area contributed by atoms with Crippen molar-refractivity contribution < 1.29 is 4.79 Å². The van der Waals surface area contributed by atoms with E-state index in [0.29, 0.717) is 21.2 Å². The number of thiophene rings is 1. The number of thiazole rings is 1. The van der Waals surface area contributed by atoms with Gasteiger partial charge in [-0.15, -0.1) is 22.7 Å². The Hall–Kier alpha value is -2.06. The van der Waals surface area contributed by atoms with Crippen molar-refractivity contribution in [1.82, 2.24) is 14.5 Å². The van der Waals surface area contributed by atoms with Crippen LogP contribution in [0.2, 0.25) is 0 Å². The SMILES string of the molecule is Cc1cc2c(=O)n(CC(=O)Nc3nccs3)c(C)nc2s1. The third-order valence-corrected chi connectivity index (χ3v) is 4.58. The largest absolute Gasteiger partial charge is 0.300 e. The molecular formula is C13H12N4O2S2. The Balaban J connectivity index is 1.93. The number of carbonyl (C=O) groups excluding carboxylic acids is 1. The molecule has 0 atom stereocenters. The average Bonchev–Trinajstić information content (AvgIpc) is 3.04. The standard InChI is InChI=1S/C13H12N4O2S2/c1-7-5-9-11(21-7)15-8(2)17(12(9)19)6-10(18)16-13-14-3-4-20-13/h3-5H,6H2,1-2H3,(H,14,16,18). The zero-order valence-corrected chi connectivity index (χ0v) is 13.0. The number of nitrogens with one attached hydrogen (secondary N) is 1. The summed E-state index contributed by atoms with van der Waals surface area (Å²) in [6.45, 7) is 3.59. The van der Waals surface area contributed by atoms with Crippen LogP contribution in [0.5, 0.6) is 0 Å². The van der Waals surface area contributed by atoms with Gasteiger partial charge in [-0.2, -0.15) is 0 Å². The Morgan fingerprint density at radius 2 is 2.24 bits per heavy atom. The molecule has 0 aliphatic heterocycles. The lowest BCUT2D eigenvalue weighted by Gasteiger charge is -2.08. The van der Waals surface area contributed by atoms with E-state index in [0.717, 1.165) is 4.88 Å². The molecule has 3 heterocycles.